The van der Waals surface area contributed by atoms with Crippen LogP contribution in [0.4, 0.5) is 4.79 Å². The van der Waals surface area contributed by atoms with Gasteiger partial charge in [0.25, 0.3) is 5.91 Å². The van der Waals surface area contributed by atoms with Crippen molar-refractivity contribution in [2.45, 2.75) is 25.4 Å². The van der Waals surface area contributed by atoms with Crippen LogP contribution < -0.4 is 15.4 Å². The van der Waals surface area contributed by atoms with Crippen LogP contribution in [0, 0.1) is 0 Å². The Bertz CT molecular complexity index is 1150. The lowest BCUT2D eigenvalue weighted by atomic mass is 10.1. The number of imidazole rings is 1. The van der Waals surface area contributed by atoms with Crippen molar-refractivity contribution in [2.24, 2.45) is 7.05 Å². The van der Waals surface area contributed by atoms with E-state index in [1.807, 2.05) is 35.9 Å². The van der Waals surface area contributed by atoms with E-state index in [4.69, 9.17) is 4.74 Å². The monoisotopic (exact) mass is 435 g/mol. The molecule has 2 heterocycles. The fourth-order valence-electron chi connectivity index (χ4n) is 3.77. The van der Waals surface area contributed by atoms with Crippen molar-refractivity contribution in [1.29, 1.82) is 0 Å². The summed E-state index contributed by atoms with van der Waals surface area (Å²) in [7, 11) is 3.51. The van der Waals surface area contributed by atoms with E-state index in [0.717, 1.165) is 27.3 Å². The maximum atomic E-state index is 12.6. The van der Waals surface area contributed by atoms with Gasteiger partial charge in [0.2, 0.25) is 5.91 Å². The molecule has 1 aliphatic rings. The maximum absolute atomic E-state index is 12.6. The van der Waals surface area contributed by atoms with Gasteiger partial charge < -0.3 is 19.9 Å². The zero-order valence-corrected chi connectivity index (χ0v) is 18.0. The van der Waals surface area contributed by atoms with Crippen molar-refractivity contribution in [3.63, 3.8) is 0 Å². The van der Waals surface area contributed by atoms with Crippen LogP contribution in [0.25, 0.3) is 11.0 Å². The van der Waals surface area contributed by atoms with E-state index in [0.29, 0.717) is 18.7 Å². The Kier molecular flexibility index (Phi) is 6.07. The van der Waals surface area contributed by atoms with E-state index in [1.165, 1.54) is 0 Å². The molecule has 1 aliphatic heterocycles. The predicted molar refractivity (Wildman–Crippen MR) is 118 cm³/mol. The van der Waals surface area contributed by atoms with Crippen molar-refractivity contribution < 1.29 is 19.1 Å². The predicted octanol–water partition coefficient (Wildman–Crippen LogP) is 1.75. The van der Waals surface area contributed by atoms with E-state index in [9.17, 15) is 14.4 Å². The van der Waals surface area contributed by atoms with Gasteiger partial charge in [-0.2, -0.15) is 0 Å². The number of benzene rings is 2. The summed E-state index contributed by atoms with van der Waals surface area (Å²) >= 11 is 0. The average Bonchev–Trinajstić information content (AvgIpc) is 3.25. The van der Waals surface area contributed by atoms with Crippen LogP contribution in [-0.2, 0) is 29.6 Å². The maximum Gasteiger partial charge on any atom is 0.325 e. The second kappa shape index (κ2) is 9.09. The number of rotatable bonds is 8. The van der Waals surface area contributed by atoms with Crippen LogP contribution in [-0.4, -0.2) is 52.0 Å². The molecule has 2 N–H and O–H groups in total. The molecule has 3 aromatic rings. The summed E-state index contributed by atoms with van der Waals surface area (Å²) in [6, 6.07) is 13.6. The molecule has 0 bridgehead atoms. The van der Waals surface area contributed by atoms with Crippen LogP contribution in [0.3, 0.4) is 0 Å². The van der Waals surface area contributed by atoms with Crippen molar-refractivity contribution in [3.8, 4) is 5.75 Å². The smallest absolute Gasteiger partial charge is 0.325 e. The van der Waals surface area contributed by atoms with Gasteiger partial charge in [0.15, 0.2) is 0 Å². The molecular weight excluding hydrogens is 410 g/mol. The molecule has 4 amide bonds. The molecule has 0 radical (unpaired) electrons. The third-order valence-corrected chi connectivity index (χ3v) is 5.55. The number of methoxy groups -OCH3 is 1. The topological polar surface area (TPSA) is 106 Å². The summed E-state index contributed by atoms with van der Waals surface area (Å²) < 4.78 is 7.11. The highest BCUT2D eigenvalue weighted by Crippen LogP contribution is 2.17. The number of aryl methyl sites for hydroxylation is 1. The molecule has 166 valence electrons. The summed E-state index contributed by atoms with van der Waals surface area (Å²) in [4.78, 5) is 43.0. The van der Waals surface area contributed by atoms with Gasteiger partial charge >= 0.3 is 6.03 Å². The SMILES string of the molecule is COc1ccc(CN2C(=O)NC(CC(=O)NCCc3nc4ccccc4n3C)C2=O)cc1. The van der Waals surface area contributed by atoms with Crippen LogP contribution >= 0.6 is 0 Å². The molecule has 9 nitrogen and oxygen atoms in total. The number of hydrogen-bond donors (Lipinski definition) is 2. The highest BCUT2D eigenvalue weighted by molar-refractivity contribution is 6.05. The lowest BCUT2D eigenvalue weighted by Gasteiger charge is -2.13. The minimum Gasteiger partial charge on any atom is -0.497 e. The molecule has 9 heteroatoms. The Morgan fingerprint density at radius 1 is 1.16 bits per heavy atom. The quantitative estimate of drug-likeness (QED) is 0.525. The van der Waals surface area contributed by atoms with Crippen molar-refractivity contribution in [3.05, 3.63) is 59.9 Å². The lowest BCUT2D eigenvalue weighted by molar-refractivity contribution is -0.131. The van der Waals surface area contributed by atoms with Gasteiger partial charge in [-0.1, -0.05) is 24.3 Å². The summed E-state index contributed by atoms with van der Waals surface area (Å²) in [5.41, 5.74) is 2.74. The van der Waals surface area contributed by atoms with E-state index >= 15 is 0 Å². The van der Waals surface area contributed by atoms with Gasteiger partial charge in [-0.3, -0.25) is 14.5 Å². The molecule has 0 saturated carbocycles. The molecule has 0 spiro atoms. The summed E-state index contributed by atoms with van der Waals surface area (Å²) in [6.45, 7) is 0.528. The van der Waals surface area contributed by atoms with Gasteiger partial charge in [0.1, 0.15) is 17.6 Å². The van der Waals surface area contributed by atoms with E-state index in [1.54, 1.807) is 31.4 Å². The Hall–Kier alpha value is -3.88. The van der Waals surface area contributed by atoms with Crippen LogP contribution in [0.1, 0.15) is 17.8 Å². The van der Waals surface area contributed by atoms with Crippen molar-refractivity contribution >= 4 is 28.9 Å². The highest BCUT2D eigenvalue weighted by Gasteiger charge is 2.38. The number of amides is 4. The number of nitrogens with zero attached hydrogens (tertiary/aromatic N) is 3. The summed E-state index contributed by atoms with van der Waals surface area (Å²) in [5, 5.41) is 5.41. The van der Waals surface area contributed by atoms with E-state index < -0.39 is 18.0 Å². The molecule has 0 aliphatic carbocycles. The Labute approximate surface area is 185 Å². The largest absolute Gasteiger partial charge is 0.497 e. The highest BCUT2D eigenvalue weighted by atomic mass is 16.5. The molecule has 1 aromatic heterocycles. The molecular formula is C23H25N5O4. The number of imide groups is 1. The molecule has 2 aromatic carbocycles. The minimum absolute atomic E-state index is 0.105. The second-order valence-electron chi connectivity index (χ2n) is 7.65. The number of fused-ring (bicyclic) bond motifs is 1. The standard InChI is InChI=1S/C23H25N5O4/c1-27-19-6-4-3-5-17(19)25-20(27)11-12-24-21(29)13-18-22(30)28(23(31)26-18)14-15-7-9-16(32-2)10-8-15/h3-10,18H,11-14H2,1-2H3,(H,24,29)(H,26,31). The molecule has 1 unspecified atom stereocenters. The first-order valence-corrected chi connectivity index (χ1v) is 10.4. The fraction of sp³-hybridized carbons (Fsp3) is 0.304. The Morgan fingerprint density at radius 2 is 1.91 bits per heavy atom. The molecule has 1 atom stereocenters. The van der Waals surface area contributed by atoms with Gasteiger partial charge in [0.05, 0.1) is 31.1 Å². The van der Waals surface area contributed by atoms with Crippen LogP contribution in [0.15, 0.2) is 48.5 Å². The van der Waals surface area contributed by atoms with Gasteiger partial charge in [0, 0.05) is 20.0 Å². The number of ether oxygens (including phenoxy) is 1. The normalized spacial score (nSPS) is 15.8. The number of carbonyl (C=O) groups is 3. The first kappa shape index (κ1) is 21.4. The minimum atomic E-state index is -0.864. The van der Waals surface area contributed by atoms with E-state index in [-0.39, 0.29) is 18.9 Å². The fourth-order valence-corrected chi connectivity index (χ4v) is 3.77. The number of nitrogens with one attached hydrogen (secondary N) is 2. The zero-order valence-electron chi connectivity index (χ0n) is 18.0. The number of carbonyl (C=O) groups excluding carboxylic acids is 3. The Balaban J connectivity index is 1.28. The van der Waals surface area contributed by atoms with Crippen LogP contribution in [0.2, 0.25) is 0 Å². The van der Waals surface area contributed by atoms with Crippen LogP contribution in [0.5, 0.6) is 5.75 Å². The second-order valence-corrected chi connectivity index (χ2v) is 7.65. The molecule has 1 saturated heterocycles. The molecule has 32 heavy (non-hydrogen) atoms. The molecule has 1 fully saturated rings. The number of para-hydroxylation sites is 2. The van der Waals surface area contributed by atoms with Crippen molar-refractivity contribution in [2.75, 3.05) is 13.7 Å². The number of aromatic nitrogens is 2. The lowest BCUT2D eigenvalue weighted by Crippen LogP contribution is -2.37. The molecule has 4 rings (SSSR count). The first-order chi connectivity index (χ1) is 15.5. The number of hydrogen-bond acceptors (Lipinski definition) is 5. The average molecular weight is 435 g/mol. The number of urea groups is 1. The summed E-state index contributed by atoms with van der Waals surface area (Å²) in [6.07, 6.45) is 0.456. The van der Waals surface area contributed by atoms with Crippen molar-refractivity contribution in [1.82, 2.24) is 25.1 Å². The first-order valence-electron chi connectivity index (χ1n) is 10.4. The third-order valence-electron chi connectivity index (χ3n) is 5.55. The van der Waals surface area contributed by atoms with Gasteiger partial charge in [-0.15, -0.1) is 0 Å². The zero-order chi connectivity index (χ0) is 22.7. The summed E-state index contributed by atoms with van der Waals surface area (Å²) in [5.74, 6) is 0.853. The van der Waals surface area contributed by atoms with E-state index in [2.05, 4.69) is 15.6 Å². The third kappa shape index (κ3) is 4.41. The van der Waals surface area contributed by atoms with Gasteiger partial charge in [-0.25, -0.2) is 9.78 Å². The Morgan fingerprint density at radius 3 is 2.62 bits per heavy atom. The van der Waals surface area contributed by atoms with Gasteiger partial charge in [-0.05, 0) is 29.8 Å².